The Morgan fingerprint density at radius 1 is 1.60 bits per heavy atom. The van der Waals surface area contributed by atoms with Gasteiger partial charge in [0.2, 0.25) is 0 Å². The van der Waals surface area contributed by atoms with E-state index in [0.717, 1.165) is 19.4 Å². The molecule has 1 aliphatic heterocycles. The van der Waals surface area contributed by atoms with Crippen LogP contribution in [0.15, 0.2) is 18.2 Å². The minimum atomic E-state index is -0.207. The molecule has 1 aliphatic rings. The molecule has 0 spiro atoms. The first-order chi connectivity index (χ1) is 9.61. The van der Waals surface area contributed by atoms with Crippen molar-refractivity contribution in [2.75, 3.05) is 32.6 Å². The van der Waals surface area contributed by atoms with Crippen LogP contribution in [0.3, 0.4) is 0 Å². The van der Waals surface area contributed by atoms with Gasteiger partial charge in [0.05, 0.1) is 23.9 Å². The molecule has 1 aromatic rings. The smallest absolute Gasteiger partial charge is 0.321 e. The van der Waals surface area contributed by atoms with E-state index >= 15 is 0 Å². The monoisotopic (exact) mass is 298 g/mol. The molecule has 0 unspecified atom stereocenters. The lowest BCUT2D eigenvalue weighted by Crippen LogP contribution is -2.37. The number of para-hydroxylation sites is 1. The number of urea groups is 1. The van der Waals surface area contributed by atoms with Crippen molar-refractivity contribution in [3.63, 3.8) is 0 Å². The summed E-state index contributed by atoms with van der Waals surface area (Å²) in [5, 5.41) is 3.26. The normalized spacial score (nSPS) is 17.9. The maximum absolute atomic E-state index is 12.1. The zero-order valence-electron chi connectivity index (χ0n) is 11.7. The van der Waals surface area contributed by atoms with Crippen molar-refractivity contribution in [3.8, 4) is 5.75 Å². The molecule has 2 amide bonds. The van der Waals surface area contributed by atoms with Crippen molar-refractivity contribution in [1.29, 1.82) is 0 Å². The van der Waals surface area contributed by atoms with E-state index < -0.39 is 0 Å². The zero-order valence-corrected chi connectivity index (χ0v) is 12.4. The summed E-state index contributed by atoms with van der Waals surface area (Å²) in [7, 11) is 3.26. The molecule has 1 fully saturated rings. The number of benzene rings is 1. The predicted molar refractivity (Wildman–Crippen MR) is 78.6 cm³/mol. The highest BCUT2D eigenvalue weighted by atomic mass is 35.5. The van der Waals surface area contributed by atoms with E-state index in [1.54, 1.807) is 30.1 Å². The number of carbonyl (C=O) groups excluding carboxylic acids is 1. The van der Waals surface area contributed by atoms with Gasteiger partial charge in [0.1, 0.15) is 0 Å². The van der Waals surface area contributed by atoms with Crippen molar-refractivity contribution in [1.82, 2.24) is 4.90 Å². The lowest BCUT2D eigenvalue weighted by atomic mass is 10.2. The molecular formula is C14H19ClN2O3. The van der Waals surface area contributed by atoms with E-state index in [2.05, 4.69) is 5.32 Å². The number of ether oxygens (including phenoxy) is 2. The summed E-state index contributed by atoms with van der Waals surface area (Å²) in [6, 6.07) is 5.02. The number of nitrogens with zero attached hydrogens (tertiary/aromatic N) is 1. The molecule has 0 saturated carbocycles. The largest absolute Gasteiger partial charge is 0.493 e. The van der Waals surface area contributed by atoms with E-state index in [1.807, 2.05) is 0 Å². The number of hydrogen-bond acceptors (Lipinski definition) is 3. The average Bonchev–Trinajstić information content (AvgIpc) is 2.91. The molecular weight excluding hydrogens is 280 g/mol. The van der Waals surface area contributed by atoms with Gasteiger partial charge in [-0.15, -0.1) is 0 Å². The van der Waals surface area contributed by atoms with E-state index in [4.69, 9.17) is 21.1 Å². The quantitative estimate of drug-likeness (QED) is 0.929. The van der Waals surface area contributed by atoms with Crippen LogP contribution in [0, 0.1) is 0 Å². The Bertz CT molecular complexity index is 475. The molecule has 0 aromatic heterocycles. The number of hydrogen-bond donors (Lipinski definition) is 1. The van der Waals surface area contributed by atoms with Gasteiger partial charge >= 0.3 is 6.03 Å². The van der Waals surface area contributed by atoms with Crippen LogP contribution < -0.4 is 10.1 Å². The van der Waals surface area contributed by atoms with Gasteiger partial charge in [0.25, 0.3) is 0 Å². The summed E-state index contributed by atoms with van der Waals surface area (Å²) in [6.07, 6.45) is 2.19. The van der Waals surface area contributed by atoms with Crippen molar-refractivity contribution in [2.45, 2.75) is 18.9 Å². The molecule has 2 rings (SSSR count). The van der Waals surface area contributed by atoms with Crippen LogP contribution in [0.2, 0.25) is 5.02 Å². The first kappa shape index (κ1) is 14.9. The van der Waals surface area contributed by atoms with Crippen molar-refractivity contribution in [3.05, 3.63) is 23.2 Å². The molecule has 0 radical (unpaired) electrons. The average molecular weight is 299 g/mol. The number of rotatable bonds is 4. The first-order valence-electron chi connectivity index (χ1n) is 6.58. The van der Waals surface area contributed by atoms with Crippen LogP contribution in [0.1, 0.15) is 12.8 Å². The van der Waals surface area contributed by atoms with Crippen LogP contribution in [-0.4, -0.2) is 44.3 Å². The number of halogens is 1. The van der Waals surface area contributed by atoms with Gasteiger partial charge < -0.3 is 19.7 Å². The maximum atomic E-state index is 12.1. The Kier molecular flexibility index (Phi) is 5.09. The first-order valence-corrected chi connectivity index (χ1v) is 6.96. The highest BCUT2D eigenvalue weighted by Gasteiger charge is 2.20. The van der Waals surface area contributed by atoms with E-state index in [0.29, 0.717) is 23.0 Å². The minimum absolute atomic E-state index is 0.131. The van der Waals surface area contributed by atoms with Crippen molar-refractivity contribution >= 4 is 23.3 Å². The predicted octanol–water partition coefficient (Wildman–Crippen LogP) is 2.99. The minimum Gasteiger partial charge on any atom is -0.493 e. The van der Waals surface area contributed by atoms with E-state index in [1.165, 1.54) is 7.11 Å². The zero-order chi connectivity index (χ0) is 14.5. The Morgan fingerprint density at radius 3 is 3.05 bits per heavy atom. The highest BCUT2D eigenvalue weighted by Crippen LogP contribution is 2.32. The summed E-state index contributed by atoms with van der Waals surface area (Å²) in [4.78, 5) is 13.7. The summed E-state index contributed by atoms with van der Waals surface area (Å²) in [5.41, 5.74) is 0.559. The number of carbonyl (C=O) groups is 1. The van der Waals surface area contributed by atoms with Crippen LogP contribution in [-0.2, 0) is 4.74 Å². The molecule has 6 heteroatoms. The second-order valence-electron chi connectivity index (χ2n) is 4.77. The molecule has 1 N–H and O–H groups in total. The molecule has 1 saturated heterocycles. The van der Waals surface area contributed by atoms with Gasteiger partial charge in [-0.1, -0.05) is 17.7 Å². The fourth-order valence-corrected chi connectivity index (χ4v) is 2.45. The van der Waals surface area contributed by atoms with Crippen LogP contribution in [0.25, 0.3) is 0 Å². The molecule has 110 valence electrons. The summed E-state index contributed by atoms with van der Waals surface area (Å²) >= 11 is 6.02. The third-order valence-electron chi connectivity index (χ3n) is 3.26. The fourth-order valence-electron chi connectivity index (χ4n) is 2.20. The maximum Gasteiger partial charge on any atom is 0.321 e. The third kappa shape index (κ3) is 3.55. The molecule has 5 nitrogen and oxygen atoms in total. The van der Waals surface area contributed by atoms with Gasteiger partial charge in [0.15, 0.2) is 5.75 Å². The standard InChI is InChI=1S/C14H19ClN2O3/c1-17(9-10-5-4-8-20-10)14(18)16-12-7-3-6-11(15)13(12)19-2/h3,6-7,10H,4-5,8-9H2,1-2H3,(H,16,18)/t10-/m1/s1. The SMILES string of the molecule is COc1c(Cl)cccc1NC(=O)N(C)C[C@H]1CCCO1. The number of amides is 2. The van der Waals surface area contributed by atoms with Gasteiger partial charge in [0, 0.05) is 20.2 Å². The molecule has 0 bridgehead atoms. The topological polar surface area (TPSA) is 50.8 Å². The van der Waals surface area contributed by atoms with Crippen LogP contribution >= 0.6 is 11.6 Å². The van der Waals surface area contributed by atoms with Gasteiger partial charge in [-0.25, -0.2) is 4.79 Å². The number of likely N-dealkylation sites (N-methyl/N-ethyl adjacent to an activating group) is 1. The Hall–Kier alpha value is -1.46. The summed E-state index contributed by atoms with van der Waals surface area (Å²) in [5.74, 6) is 0.466. The van der Waals surface area contributed by atoms with Crippen molar-refractivity contribution in [2.24, 2.45) is 0 Å². The van der Waals surface area contributed by atoms with Gasteiger partial charge in [-0.05, 0) is 25.0 Å². The molecule has 1 atom stereocenters. The summed E-state index contributed by atoms with van der Waals surface area (Å²) < 4.78 is 10.7. The molecule has 1 aromatic carbocycles. The van der Waals surface area contributed by atoms with Crippen LogP contribution in [0.5, 0.6) is 5.75 Å². The molecule has 1 heterocycles. The molecule has 20 heavy (non-hydrogen) atoms. The second-order valence-corrected chi connectivity index (χ2v) is 5.17. The third-order valence-corrected chi connectivity index (χ3v) is 3.56. The molecule has 0 aliphatic carbocycles. The number of anilines is 1. The summed E-state index contributed by atoms with van der Waals surface area (Å²) in [6.45, 7) is 1.36. The second kappa shape index (κ2) is 6.81. The van der Waals surface area contributed by atoms with Crippen molar-refractivity contribution < 1.29 is 14.3 Å². The Labute approximate surface area is 123 Å². The lowest BCUT2D eigenvalue weighted by Gasteiger charge is -2.22. The van der Waals surface area contributed by atoms with Crippen LogP contribution in [0.4, 0.5) is 10.5 Å². The Balaban J connectivity index is 1.98. The highest BCUT2D eigenvalue weighted by molar-refractivity contribution is 6.32. The van der Waals surface area contributed by atoms with Gasteiger partial charge in [-0.2, -0.15) is 0 Å². The fraction of sp³-hybridized carbons (Fsp3) is 0.500. The van der Waals surface area contributed by atoms with Gasteiger partial charge in [-0.3, -0.25) is 0 Å². The van der Waals surface area contributed by atoms with E-state index in [9.17, 15) is 4.79 Å². The Morgan fingerprint density at radius 2 is 2.40 bits per heavy atom. The lowest BCUT2D eigenvalue weighted by molar-refractivity contribution is 0.0894. The number of methoxy groups -OCH3 is 1. The van der Waals surface area contributed by atoms with E-state index in [-0.39, 0.29) is 12.1 Å². The number of nitrogens with one attached hydrogen (secondary N) is 1.